The number of hydrogen-bond acceptors (Lipinski definition) is 3. The highest BCUT2D eigenvalue weighted by atomic mass is 16.2. The van der Waals surface area contributed by atoms with Crippen molar-refractivity contribution in [2.24, 2.45) is 7.05 Å². The van der Waals surface area contributed by atoms with Crippen molar-refractivity contribution in [3.05, 3.63) is 46.8 Å². The highest BCUT2D eigenvalue weighted by Crippen LogP contribution is 2.19. The number of carbonyl (C=O) groups is 2. The van der Waals surface area contributed by atoms with Gasteiger partial charge in [-0.2, -0.15) is 5.10 Å². The average Bonchev–Trinajstić information content (AvgIpc) is 2.91. The zero-order valence-electron chi connectivity index (χ0n) is 14.1. The molecule has 0 saturated heterocycles. The van der Waals surface area contributed by atoms with Crippen LogP contribution >= 0.6 is 0 Å². The molecule has 2 N–H and O–H groups in total. The van der Waals surface area contributed by atoms with Gasteiger partial charge in [-0.15, -0.1) is 0 Å². The van der Waals surface area contributed by atoms with E-state index in [9.17, 15) is 9.59 Å². The second-order valence-electron chi connectivity index (χ2n) is 5.80. The van der Waals surface area contributed by atoms with Crippen LogP contribution in [0.5, 0.6) is 0 Å². The van der Waals surface area contributed by atoms with E-state index in [1.54, 1.807) is 37.0 Å². The van der Waals surface area contributed by atoms with Crippen LogP contribution < -0.4 is 10.6 Å². The summed E-state index contributed by atoms with van der Waals surface area (Å²) in [5, 5.41) is 9.78. The minimum Gasteiger partial charge on any atom is -0.355 e. The number of nitrogens with zero attached hydrogens (tertiary/aromatic N) is 2. The first kappa shape index (κ1) is 16.7. The molecule has 0 aliphatic heterocycles. The third kappa shape index (κ3) is 3.59. The van der Waals surface area contributed by atoms with Crippen molar-refractivity contribution in [3.63, 3.8) is 0 Å². The topological polar surface area (TPSA) is 76.0 Å². The first-order valence-electron chi connectivity index (χ1n) is 7.51. The van der Waals surface area contributed by atoms with Gasteiger partial charge in [-0.05, 0) is 36.6 Å². The molecule has 2 rings (SSSR count). The predicted molar refractivity (Wildman–Crippen MR) is 89.8 cm³/mol. The van der Waals surface area contributed by atoms with Crippen LogP contribution in [-0.4, -0.2) is 28.6 Å². The van der Waals surface area contributed by atoms with Crippen molar-refractivity contribution in [2.75, 3.05) is 12.4 Å². The van der Waals surface area contributed by atoms with Crippen LogP contribution in [0.25, 0.3) is 0 Å². The molecule has 1 aromatic heterocycles. The Morgan fingerprint density at radius 1 is 1.17 bits per heavy atom. The van der Waals surface area contributed by atoms with E-state index in [1.165, 1.54) is 0 Å². The second kappa shape index (κ2) is 6.64. The van der Waals surface area contributed by atoms with E-state index in [0.717, 1.165) is 11.3 Å². The molecule has 23 heavy (non-hydrogen) atoms. The summed E-state index contributed by atoms with van der Waals surface area (Å²) in [6, 6.07) is 7.00. The van der Waals surface area contributed by atoms with Crippen LogP contribution in [0.3, 0.4) is 0 Å². The van der Waals surface area contributed by atoms with E-state index in [-0.39, 0.29) is 17.7 Å². The van der Waals surface area contributed by atoms with E-state index in [2.05, 4.69) is 15.7 Å². The molecular weight excluding hydrogens is 292 g/mol. The Balaban J connectivity index is 2.28. The fourth-order valence-corrected chi connectivity index (χ4v) is 2.21. The number of aryl methyl sites for hydroxylation is 2. The maximum atomic E-state index is 12.5. The fraction of sp³-hybridized carbons (Fsp3) is 0.353. The number of benzene rings is 1. The lowest BCUT2D eigenvalue weighted by atomic mass is 10.1. The van der Waals surface area contributed by atoms with Gasteiger partial charge in [0, 0.05) is 25.3 Å². The molecule has 0 unspecified atom stereocenters. The van der Waals surface area contributed by atoms with Crippen LogP contribution in [0.15, 0.2) is 24.3 Å². The molecule has 0 spiro atoms. The van der Waals surface area contributed by atoms with Gasteiger partial charge in [0.15, 0.2) is 0 Å². The lowest BCUT2D eigenvalue weighted by Gasteiger charge is -2.10. The molecule has 0 saturated carbocycles. The van der Waals surface area contributed by atoms with Crippen molar-refractivity contribution < 1.29 is 9.59 Å². The zero-order chi connectivity index (χ0) is 17.1. The molecule has 0 fully saturated rings. The maximum Gasteiger partial charge on any atom is 0.273 e. The average molecular weight is 314 g/mol. The molecule has 6 nitrogen and oxygen atoms in total. The number of rotatable bonds is 4. The highest BCUT2D eigenvalue weighted by Gasteiger charge is 2.16. The third-order valence-corrected chi connectivity index (χ3v) is 3.70. The quantitative estimate of drug-likeness (QED) is 0.910. The predicted octanol–water partition coefficient (Wildman–Crippen LogP) is 2.46. The zero-order valence-corrected chi connectivity index (χ0v) is 14.1. The van der Waals surface area contributed by atoms with E-state index >= 15 is 0 Å². The van der Waals surface area contributed by atoms with Crippen LogP contribution in [0.4, 0.5) is 5.69 Å². The van der Waals surface area contributed by atoms with Crippen molar-refractivity contribution in [3.8, 4) is 0 Å². The molecule has 122 valence electrons. The van der Waals surface area contributed by atoms with E-state index in [0.29, 0.717) is 16.9 Å². The van der Waals surface area contributed by atoms with Crippen molar-refractivity contribution >= 4 is 17.5 Å². The van der Waals surface area contributed by atoms with Gasteiger partial charge in [0.2, 0.25) is 0 Å². The number of carbonyl (C=O) groups excluding carboxylic acids is 2. The molecule has 0 atom stereocenters. The normalized spacial score (nSPS) is 10.7. The Bertz CT molecular complexity index is 747. The molecule has 0 aliphatic carbocycles. The smallest absolute Gasteiger partial charge is 0.273 e. The Kier molecular flexibility index (Phi) is 4.83. The summed E-state index contributed by atoms with van der Waals surface area (Å²) >= 11 is 0. The molecule has 1 aromatic carbocycles. The summed E-state index contributed by atoms with van der Waals surface area (Å²) in [6.45, 7) is 5.94. The number of anilines is 1. The Hall–Kier alpha value is -2.63. The Labute approximate surface area is 135 Å². The summed E-state index contributed by atoms with van der Waals surface area (Å²) < 4.78 is 1.57. The molecule has 0 bridgehead atoms. The van der Waals surface area contributed by atoms with Crippen LogP contribution in [0.2, 0.25) is 0 Å². The maximum absolute atomic E-state index is 12.5. The van der Waals surface area contributed by atoms with E-state index in [1.807, 2.05) is 26.8 Å². The summed E-state index contributed by atoms with van der Waals surface area (Å²) in [6.07, 6.45) is 0. The van der Waals surface area contributed by atoms with Gasteiger partial charge in [-0.25, -0.2) is 0 Å². The Morgan fingerprint density at radius 2 is 1.87 bits per heavy atom. The molecule has 2 aromatic rings. The lowest BCUT2D eigenvalue weighted by Crippen LogP contribution is -2.20. The fourth-order valence-electron chi connectivity index (χ4n) is 2.21. The first-order chi connectivity index (χ1) is 10.8. The number of aromatic nitrogens is 2. The van der Waals surface area contributed by atoms with Crippen LogP contribution in [0, 0.1) is 6.92 Å². The number of nitrogens with one attached hydrogen (secondary N) is 2. The van der Waals surface area contributed by atoms with Gasteiger partial charge < -0.3 is 10.6 Å². The molecule has 1 heterocycles. The van der Waals surface area contributed by atoms with Crippen LogP contribution in [0.1, 0.15) is 51.9 Å². The highest BCUT2D eigenvalue weighted by molar-refractivity contribution is 6.04. The number of amides is 2. The van der Waals surface area contributed by atoms with Gasteiger partial charge in [-0.3, -0.25) is 14.3 Å². The lowest BCUT2D eigenvalue weighted by molar-refractivity contribution is 0.0961. The Morgan fingerprint density at radius 3 is 2.43 bits per heavy atom. The summed E-state index contributed by atoms with van der Waals surface area (Å²) in [5.41, 5.74) is 3.36. The largest absolute Gasteiger partial charge is 0.355 e. The monoisotopic (exact) mass is 314 g/mol. The number of hydrogen-bond donors (Lipinski definition) is 2. The first-order valence-corrected chi connectivity index (χ1v) is 7.51. The van der Waals surface area contributed by atoms with Crippen LogP contribution in [-0.2, 0) is 7.05 Å². The molecule has 6 heteroatoms. The van der Waals surface area contributed by atoms with Gasteiger partial charge in [-0.1, -0.05) is 19.9 Å². The van der Waals surface area contributed by atoms with Gasteiger partial charge in [0.25, 0.3) is 11.8 Å². The van der Waals surface area contributed by atoms with Crippen molar-refractivity contribution in [2.45, 2.75) is 26.7 Å². The molecule has 0 radical (unpaired) electrons. The second-order valence-corrected chi connectivity index (χ2v) is 5.80. The minimum absolute atomic E-state index is 0.192. The summed E-state index contributed by atoms with van der Waals surface area (Å²) in [5.74, 6) is -0.187. The third-order valence-electron chi connectivity index (χ3n) is 3.70. The SMILES string of the molecule is CNC(=O)c1ccc(C)c(NC(=O)c2cc(C(C)C)nn2C)c1. The van der Waals surface area contributed by atoms with Crippen molar-refractivity contribution in [1.82, 2.24) is 15.1 Å². The van der Waals surface area contributed by atoms with Gasteiger partial charge >= 0.3 is 0 Å². The van der Waals surface area contributed by atoms with Gasteiger partial charge in [0.05, 0.1) is 5.69 Å². The van der Waals surface area contributed by atoms with Crippen molar-refractivity contribution in [1.29, 1.82) is 0 Å². The van der Waals surface area contributed by atoms with Gasteiger partial charge in [0.1, 0.15) is 5.69 Å². The molecular formula is C17H22N4O2. The standard InChI is InChI=1S/C17H22N4O2/c1-10(2)13-9-15(21(5)20-13)17(23)19-14-8-12(16(22)18-4)7-6-11(14)3/h6-10H,1-5H3,(H,18,22)(H,19,23). The summed E-state index contributed by atoms with van der Waals surface area (Å²) in [4.78, 5) is 24.2. The molecule has 2 amide bonds. The van der Waals surface area contributed by atoms with E-state index in [4.69, 9.17) is 0 Å². The van der Waals surface area contributed by atoms with E-state index < -0.39 is 0 Å². The minimum atomic E-state index is -0.246. The molecule has 0 aliphatic rings. The summed E-state index contributed by atoms with van der Waals surface area (Å²) in [7, 11) is 3.32.